The van der Waals surface area contributed by atoms with Gasteiger partial charge in [-0.1, -0.05) is 0 Å². The average Bonchev–Trinajstić information content (AvgIpc) is 3.50. The summed E-state index contributed by atoms with van der Waals surface area (Å²) in [6, 6.07) is 0.283. The summed E-state index contributed by atoms with van der Waals surface area (Å²) in [5.74, 6) is -7.47. The van der Waals surface area contributed by atoms with E-state index in [2.05, 4.69) is 21.3 Å². The number of aromatic nitrogens is 4. The Morgan fingerprint density at radius 1 is 0.841 bits per heavy atom. The van der Waals surface area contributed by atoms with Crippen molar-refractivity contribution in [2.45, 2.75) is 50.4 Å². The number of nitrogens with zero attached hydrogens (tertiary/aromatic N) is 5. The highest BCUT2D eigenvalue weighted by Gasteiger charge is 2.39. The molecule has 0 amide bonds. The number of ether oxygens (including phenoxy) is 1. The van der Waals surface area contributed by atoms with Gasteiger partial charge >= 0.3 is 36.4 Å². The van der Waals surface area contributed by atoms with Crippen molar-refractivity contribution in [3.8, 4) is 0 Å². The predicted octanol–water partition coefficient (Wildman–Crippen LogP) is 3.58. The molecule has 1 aliphatic carbocycles. The number of halogens is 9. The zero-order valence-corrected chi connectivity index (χ0v) is 22.9. The molecule has 0 bridgehead atoms. The zero-order valence-electron chi connectivity index (χ0n) is 22.9. The molecule has 1 saturated carbocycles. The fraction of sp³-hybridized carbons (Fsp3) is 0.609. The van der Waals surface area contributed by atoms with Crippen LogP contribution >= 0.6 is 0 Å². The Hall–Kier alpha value is -3.88. The maximum atomic E-state index is 10.6. The second-order valence-electron chi connectivity index (χ2n) is 9.33. The molecule has 21 heteroatoms. The second-order valence-corrected chi connectivity index (χ2v) is 9.33. The van der Waals surface area contributed by atoms with Gasteiger partial charge in [-0.15, -0.1) is 0 Å². The van der Waals surface area contributed by atoms with Crippen LogP contribution in [0.15, 0.2) is 18.6 Å². The van der Waals surface area contributed by atoms with E-state index in [1.54, 1.807) is 0 Å². The number of alkyl halides is 9. The minimum absolute atomic E-state index is 0.283. The molecule has 250 valence electrons. The van der Waals surface area contributed by atoms with Crippen LogP contribution in [0.1, 0.15) is 35.7 Å². The van der Waals surface area contributed by atoms with E-state index in [9.17, 15) is 39.5 Å². The lowest BCUT2D eigenvalue weighted by Gasteiger charge is -2.35. The van der Waals surface area contributed by atoms with Gasteiger partial charge in [0.25, 0.3) is 0 Å². The van der Waals surface area contributed by atoms with Crippen molar-refractivity contribution in [1.82, 2.24) is 24.5 Å². The van der Waals surface area contributed by atoms with E-state index in [1.807, 2.05) is 35.9 Å². The largest absolute Gasteiger partial charge is 0.490 e. The highest BCUT2D eigenvalue weighted by molar-refractivity contribution is 5.73. The third-order valence-electron chi connectivity index (χ3n) is 5.69. The van der Waals surface area contributed by atoms with Gasteiger partial charge in [-0.05, 0) is 30.7 Å². The van der Waals surface area contributed by atoms with Crippen LogP contribution in [0.2, 0.25) is 0 Å². The van der Waals surface area contributed by atoms with Gasteiger partial charge in [-0.25, -0.2) is 14.4 Å². The number of aryl methyl sites for hydroxylation is 2. The normalized spacial score (nSPS) is 16.7. The van der Waals surface area contributed by atoms with Crippen molar-refractivity contribution in [1.29, 1.82) is 0 Å². The summed E-state index contributed by atoms with van der Waals surface area (Å²) in [5.41, 5.74) is 3.94. The molecular weight excluding hydrogens is 629 g/mol. The molecule has 0 aromatic carbocycles. The van der Waals surface area contributed by atoms with Gasteiger partial charge in [0, 0.05) is 45.6 Å². The smallest absolute Gasteiger partial charge is 0.475 e. The van der Waals surface area contributed by atoms with Crippen LogP contribution in [0, 0.1) is 5.92 Å². The minimum atomic E-state index is -5.08. The van der Waals surface area contributed by atoms with Crippen molar-refractivity contribution in [3.05, 3.63) is 35.4 Å². The minimum Gasteiger partial charge on any atom is -0.475 e. The van der Waals surface area contributed by atoms with E-state index in [0.717, 1.165) is 38.6 Å². The molecule has 2 aliphatic rings. The summed E-state index contributed by atoms with van der Waals surface area (Å²) >= 11 is 0. The van der Waals surface area contributed by atoms with E-state index in [1.165, 1.54) is 29.7 Å². The Kier molecular flexibility index (Phi) is 13.6. The molecule has 3 heterocycles. The highest BCUT2D eigenvalue weighted by Crippen LogP contribution is 2.33. The van der Waals surface area contributed by atoms with Crippen molar-refractivity contribution in [2.75, 3.05) is 19.8 Å². The molecule has 3 N–H and O–H groups in total. The van der Waals surface area contributed by atoms with Crippen molar-refractivity contribution >= 4 is 17.9 Å². The molecule has 1 atom stereocenters. The first-order chi connectivity index (χ1) is 20.0. The number of carboxylic acids is 3. The van der Waals surface area contributed by atoms with Gasteiger partial charge < -0.3 is 20.1 Å². The molecule has 1 unspecified atom stereocenters. The van der Waals surface area contributed by atoms with Crippen LogP contribution in [-0.4, -0.2) is 96.0 Å². The second kappa shape index (κ2) is 15.7. The van der Waals surface area contributed by atoms with Gasteiger partial charge in [-0.2, -0.15) is 49.7 Å². The van der Waals surface area contributed by atoms with Crippen molar-refractivity contribution < 1.29 is 74.0 Å². The van der Waals surface area contributed by atoms with E-state index >= 15 is 0 Å². The van der Waals surface area contributed by atoms with Crippen LogP contribution in [0.25, 0.3) is 0 Å². The lowest BCUT2D eigenvalue weighted by atomic mass is 9.99. The van der Waals surface area contributed by atoms with Crippen LogP contribution in [0.4, 0.5) is 39.5 Å². The number of aliphatic carboxylic acids is 3. The quantitative estimate of drug-likeness (QED) is 0.392. The highest BCUT2D eigenvalue weighted by atomic mass is 19.4. The summed E-state index contributed by atoms with van der Waals surface area (Å²) < 4.78 is 105. The average molecular weight is 657 g/mol. The summed E-state index contributed by atoms with van der Waals surface area (Å²) in [4.78, 5) is 29.2. The van der Waals surface area contributed by atoms with E-state index < -0.39 is 36.4 Å². The standard InChI is InChI=1S/C17H25N5O.3C2HF3O2/c1-20-9-14(7-18-20)10-22-6-5-15-8-19-21(2)17(15)16(22)12-23-11-13-3-4-13;3*3-2(4,5)1(6)7/h7-9,13,16H,3-6,10-12H2,1-2H3;3*(H,6,7). The van der Waals surface area contributed by atoms with Gasteiger partial charge in [0.2, 0.25) is 0 Å². The number of carbonyl (C=O) groups is 3. The summed E-state index contributed by atoms with van der Waals surface area (Å²) in [6.45, 7) is 3.62. The molecule has 0 spiro atoms. The fourth-order valence-electron chi connectivity index (χ4n) is 3.50. The molecule has 1 aliphatic heterocycles. The fourth-order valence-corrected chi connectivity index (χ4v) is 3.50. The number of rotatable bonds is 6. The van der Waals surface area contributed by atoms with Crippen LogP contribution in [-0.2, 0) is 46.2 Å². The Balaban J connectivity index is 0.000000379. The Morgan fingerprint density at radius 2 is 1.32 bits per heavy atom. The van der Waals surface area contributed by atoms with Crippen LogP contribution in [0.5, 0.6) is 0 Å². The SMILES string of the molecule is Cn1cc(CN2CCc3cnn(C)c3C2COCC2CC2)cn1.O=C(O)C(F)(F)F.O=C(O)C(F)(F)F.O=C(O)C(F)(F)F. The third kappa shape index (κ3) is 13.6. The molecule has 1 fully saturated rings. The number of hydrogen-bond donors (Lipinski definition) is 3. The molecule has 12 nitrogen and oxygen atoms in total. The molecule has 2 aromatic heterocycles. The lowest BCUT2D eigenvalue weighted by molar-refractivity contribution is -0.193. The summed E-state index contributed by atoms with van der Waals surface area (Å²) in [5, 5.41) is 30.1. The first-order valence-corrected chi connectivity index (χ1v) is 12.2. The maximum Gasteiger partial charge on any atom is 0.490 e. The van der Waals surface area contributed by atoms with Gasteiger partial charge in [0.15, 0.2) is 0 Å². The van der Waals surface area contributed by atoms with Gasteiger partial charge in [-0.3, -0.25) is 14.3 Å². The molecule has 0 saturated heterocycles. The monoisotopic (exact) mass is 657 g/mol. The van der Waals surface area contributed by atoms with Crippen molar-refractivity contribution in [3.63, 3.8) is 0 Å². The van der Waals surface area contributed by atoms with Crippen molar-refractivity contribution in [2.24, 2.45) is 20.0 Å². The maximum absolute atomic E-state index is 10.6. The lowest BCUT2D eigenvalue weighted by Crippen LogP contribution is -2.38. The summed E-state index contributed by atoms with van der Waals surface area (Å²) in [7, 11) is 4.01. The Labute approximate surface area is 242 Å². The molecule has 2 aromatic rings. The van der Waals surface area contributed by atoms with Crippen LogP contribution < -0.4 is 0 Å². The molecule has 0 radical (unpaired) electrons. The van der Waals surface area contributed by atoms with Gasteiger partial charge in [0.05, 0.1) is 30.7 Å². The Bertz CT molecular complexity index is 1180. The molecule has 4 rings (SSSR count). The van der Waals surface area contributed by atoms with E-state index in [-0.39, 0.29) is 6.04 Å². The first kappa shape index (κ1) is 38.1. The molecular formula is C23H28F9N5O7. The number of hydrogen-bond acceptors (Lipinski definition) is 7. The topological polar surface area (TPSA) is 160 Å². The van der Waals surface area contributed by atoms with Crippen LogP contribution in [0.3, 0.4) is 0 Å². The zero-order chi connectivity index (χ0) is 34.0. The van der Waals surface area contributed by atoms with E-state index in [0.29, 0.717) is 0 Å². The Morgan fingerprint density at radius 3 is 1.70 bits per heavy atom. The summed E-state index contributed by atoms with van der Waals surface area (Å²) in [6.07, 6.45) is -5.45. The first-order valence-electron chi connectivity index (χ1n) is 12.2. The van der Waals surface area contributed by atoms with Gasteiger partial charge in [0.1, 0.15) is 0 Å². The third-order valence-corrected chi connectivity index (χ3v) is 5.69. The predicted molar refractivity (Wildman–Crippen MR) is 128 cm³/mol. The number of fused-ring (bicyclic) bond motifs is 1. The molecule has 44 heavy (non-hydrogen) atoms. The van der Waals surface area contributed by atoms with E-state index in [4.69, 9.17) is 34.4 Å². The number of carboxylic acid groups (broad SMARTS) is 3.